The highest BCUT2D eigenvalue weighted by Gasteiger charge is 2.39. The van der Waals surface area contributed by atoms with Gasteiger partial charge in [0, 0.05) is 26.1 Å². The fourth-order valence-corrected chi connectivity index (χ4v) is 3.20. The molecule has 2 N–H and O–H groups in total. The molecule has 2 atom stereocenters. The number of ether oxygens (including phenoxy) is 1. The highest BCUT2D eigenvalue weighted by molar-refractivity contribution is 5.91. The summed E-state index contributed by atoms with van der Waals surface area (Å²) >= 11 is 0. The number of carbonyl (C=O) groups excluding carboxylic acids is 2. The number of likely N-dealkylation sites (tertiary alicyclic amines) is 1. The molecule has 0 radical (unpaired) electrons. The maximum atomic E-state index is 13.0. The van der Waals surface area contributed by atoms with Gasteiger partial charge in [-0.05, 0) is 12.0 Å². The highest BCUT2D eigenvalue weighted by Crippen LogP contribution is 2.19. The third-order valence-corrected chi connectivity index (χ3v) is 4.54. The van der Waals surface area contributed by atoms with E-state index in [-0.39, 0.29) is 11.8 Å². The Bertz CT molecular complexity index is 557. The molecule has 6 nitrogen and oxygen atoms in total. The van der Waals surface area contributed by atoms with Crippen molar-refractivity contribution in [3.05, 3.63) is 35.9 Å². The van der Waals surface area contributed by atoms with Crippen LogP contribution in [-0.4, -0.2) is 66.5 Å². The Kier molecular flexibility index (Phi) is 4.93. The van der Waals surface area contributed by atoms with Crippen molar-refractivity contribution in [1.29, 1.82) is 0 Å². The summed E-state index contributed by atoms with van der Waals surface area (Å²) in [5, 5.41) is 0. The molecule has 0 spiro atoms. The number of hydrogen-bond acceptors (Lipinski definition) is 4. The molecule has 0 aromatic heterocycles. The third-order valence-electron chi connectivity index (χ3n) is 4.54. The summed E-state index contributed by atoms with van der Waals surface area (Å²) in [4.78, 5) is 28.8. The molecule has 1 aromatic rings. The van der Waals surface area contributed by atoms with Crippen LogP contribution < -0.4 is 5.73 Å². The average Bonchev–Trinajstić information content (AvgIpc) is 2.93. The molecular weight excluding hydrogens is 294 g/mol. The molecule has 0 bridgehead atoms. The smallest absolute Gasteiger partial charge is 0.245 e. The van der Waals surface area contributed by atoms with E-state index in [0.717, 1.165) is 5.56 Å². The van der Waals surface area contributed by atoms with Gasteiger partial charge in [0.2, 0.25) is 11.8 Å². The lowest BCUT2D eigenvalue weighted by molar-refractivity contribution is -0.146. The predicted octanol–water partition coefficient (Wildman–Crippen LogP) is 0.0161. The standard InChI is InChI=1S/C17H23N3O3/c18-14-6-7-20(16(14)21)15(12-13-4-2-1-3-5-13)17(22)19-8-10-23-11-9-19/h1-5,14-15H,6-12,18H2/t14-,15-/m0/s1. The summed E-state index contributed by atoms with van der Waals surface area (Å²) in [6, 6.07) is 8.85. The van der Waals surface area contributed by atoms with Crippen LogP contribution >= 0.6 is 0 Å². The van der Waals surface area contributed by atoms with E-state index in [0.29, 0.717) is 45.7 Å². The van der Waals surface area contributed by atoms with E-state index in [1.165, 1.54) is 0 Å². The summed E-state index contributed by atoms with van der Waals surface area (Å²) in [7, 11) is 0. The van der Waals surface area contributed by atoms with Crippen molar-refractivity contribution in [2.75, 3.05) is 32.8 Å². The molecule has 2 aliphatic rings. The number of nitrogens with two attached hydrogens (primary N) is 1. The minimum Gasteiger partial charge on any atom is -0.378 e. The summed E-state index contributed by atoms with van der Waals surface area (Å²) in [5.74, 6) is -0.118. The predicted molar refractivity (Wildman–Crippen MR) is 85.6 cm³/mol. The van der Waals surface area contributed by atoms with Gasteiger partial charge in [-0.2, -0.15) is 0 Å². The van der Waals surface area contributed by atoms with Gasteiger partial charge in [0.25, 0.3) is 0 Å². The first-order valence-electron chi connectivity index (χ1n) is 8.13. The second kappa shape index (κ2) is 7.10. The number of amides is 2. The van der Waals surface area contributed by atoms with Crippen LogP contribution in [0.1, 0.15) is 12.0 Å². The van der Waals surface area contributed by atoms with Crippen molar-refractivity contribution in [3.63, 3.8) is 0 Å². The van der Waals surface area contributed by atoms with Gasteiger partial charge in [-0.1, -0.05) is 30.3 Å². The van der Waals surface area contributed by atoms with Crippen LogP contribution in [0.3, 0.4) is 0 Å². The summed E-state index contributed by atoms with van der Waals surface area (Å²) < 4.78 is 5.32. The molecule has 2 amide bonds. The molecule has 0 saturated carbocycles. The number of morpholine rings is 1. The molecule has 2 heterocycles. The van der Waals surface area contributed by atoms with E-state index in [9.17, 15) is 9.59 Å². The van der Waals surface area contributed by atoms with Crippen LogP contribution in [0.15, 0.2) is 30.3 Å². The van der Waals surface area contributed by atoms with Gasteiger partial charge in [-0.25, -0.2) is 0 Å². The van der Waals surface area contributed by atoms with Gasteiger partial charge in [0.05, 0.1) is 19.3 Å². The summed E-state index contributed by atoms with van der Waals surface area (Å²) in [6.07, 6.45) is 1.13. The molecule has 3 rings (SSSR count). The van der Waals surface area contributed by atoms with Crippen LogP contribution in [0, 0.1) is 0 Å². The highest BCUT2D eigenvalue weighted by atomic mass is 16.5. The number of nitrogens with zero attached hydrogens (tertiary/aromatic N) is 2. The van der Waals surface area contributed by atoms with E-state index in [2.05, 4.69) is 0 Å². The third kappa shape index (κ3) is 3.54. The van der Waals surface area contributed by atoms with Gasteiger partial charge < -0.3 is 20.3 Å². The number of hydrogen-bond donors (Lipinski definition) is 1. The Morgan fingerprint density at radius 1 is 1.22 bits per heavy atom. The first kappa shape index (κ1) is 16.0. The molecule has 0 aliphatic carbocycles. The Morgan fingerprint density at radius 3 is 2.52 bits per heavy atom. The maximum absolute atomic E-state index is 13.0. The van der Waals surface area contributed by atoms with Crippen molar-refractivity contribution in [2.45, 2.75) is 24.9 Å². The van der Waals surface area contributed by atoms with Crippen molar-refractivity contribution in [3.8, 4) is 0 Å². The summed E-state index contributed by atoms with van der Waals surface area (Å²) in [6.45, 7) is 2.82. The average molecular weight is 317 g/mol. The fourth-order valence-electron chi connectivity index (χ4n) is 3.20. The molecule has 2 fully saturated rings. The van der Waals surface area contributed by atoms with Crippen LogP contribution in [-0.2, 0) is 20.7 Å². The minimum absolute atomic E-state index is 0.000368. The monoisotopic (exact) mass is 317 g/mol. The van der Waals surface area contributed by atoms with Gasteiger partial charge in [0.15, 0.2) is 0 Å². The molecule has 6 heteroatoms. The van der Waals surface area contributed by atoms with Crippen LogP contribution in [0.25, 0.3) is 0 Å². The first-order valence-corrected chi connectivity index (χ1v) is 8.13. The largest absolute Gasteiger partial charge is 0.378 e. The fraction of sp³-hybridized carbons (Fsp3) is 0.529. The van der Waals surface area contributed by atoms with E-state index in [1.54, 1.807) is 9.80 Å². The van der Waals surface area contributed by atoms with Gasteiger partial charge in [-0.15, -0.1) is 0 Å². The Morgan fingerprint density at radius 2 is 1.91 bits per heavy atom. The van der Waals surface area contributed by atoms with E-state index in [1.807, 2.05) is 30.3 Å². The number of carbonyl (C=O) groups is 2. The van der Waals surface area contributed by atoms with Crippen LogP contribution in [0.4, 0.5) is 0 Å². The van der Waals surface area contributed by atoms with Crippen molar-refractivity contribution in [1.82, 2.24) is 9.80 Å². The van der Waals surface area contributed by atoms with Crippen molar-refractivity contribution >= 4 is 11.8 Å². The van der Waals surface area contributed by atoms with Crippen LogP contribution in [0.5, 0.6) is 0 Å². The lowest BCUT2D eigenvalue weighted by atomic mass is 10.0. The maximum Gasteiger partial charge on any atom is 0.245 e. The van der Waals surface area contributed by atoms with Crippen LogP contribution in [0.2, 0.25) is 0 Å². The number of benzene rings is 1. The number of rotatable bonds is 4. The zero-order valence-electron chi connectivity index (χ0n) is 13.2. The SMILES string of the molecule is N[C@H]1CCN([C@@H](Cc2ccccc2)C(=O)N2CCOCC2)C1=O. The van der Waals surface area contributed by atoms with E-state index >= 15 is 0 Å². The van der Waals surface area contributed by atoms with Crippen molar-refractivity contribution < 1.29 is 14.3 Å². The zero-order chi connectivity index (χ0) is 16.2. The normalized spacial score (nSPS) is 23.2. The first-order chi connectivity index (χ1) is 11.2. The summed E-state index contributed by atoms with van der Waals surface area (Å²) in [5.41, 5.74) is 6.89. The molecule has 2 saturated heterocycles. The van der Waals surface area contributed by atoms with Gasteiger partial charge >= 0.3 is 0 Å². The quantitative estimate of drug-likeness (QED) is 0.849. The zero-order valence-corrected chi connectivity index (χ0v) is 13.2. The minimum atomic E-state index is -0.481. The molecule has 2 aliphatic heterocycles. The molecule has 1 aromatic carbocycles. The second-order valence-electron chi connectivity index (χ2n) is 6.07. The lowest BCUT2D eigenvalue weighted by Gasteiger charge is -2.34. The molecule has 23 heavy (non-hydrogen) atoms. The van der Waals surface area contributed by atoms with Gasteiger partial charge in [-0.3, -0.25) is 9.59 Å². The molecular formula is C17H23N3O3. The van der Waals surface area contributed by atoms with Crippen molar-refractivity contribution in [2.24, 2.45) is 5.73 Å². The van der Waals surface area contributed by atoms with E-state index < -0.39 is 12.1 Å². The Hall–Kier alpha value is -1.92. The molecule has 0 unspecified atom stereocenters. The van der Waals surface area contributed by atoms with Gasteiger partial charge in [0.1, 0.15) is 6.04 Å². The Balaban J connectivity index is 1.80. The van der Waals surface area contributed by atoms with E-state index in [4.69, 9.17) is 10.5 Å². The lowest BCUT2D eigenvalue weighted by Crippen LogP contribution is -2.54. The molecule has 124 valence electrons. The topological polar surface area (TPSA) is 75.9 Å². The second-order valence-corrected chi connectivity index (χ2v) is 6.07. The Labute approximate surface area is 136 Å².